The molecule has 270 valence electrons. The Morgan fingerprint density at radius 3 is 1.57 bits per heavy atom. The maximum Gasteiger partial charge on any atom is 0.339 e. The second kappa shape index (κ2) is 13.1. The van der Waals surface area contributed by atoms with Crippen molar-refractivity contribution in [3.05, 3.63) is 168 Å². The van der Waals surface area contributed by atoms with E-state index in [1.165, 1.54) is 0 Å². The summed E-state index contributed by atoms with van der Waals surface area (Å²) in [6.07, 6.45) is 4.68. The van der Waals surface area contributed by atoms with Gasteiger partial charge in [-0.3, -0.25) is 4.98 Å². The number of hydrogen-bond acceptors (Lipinski definition) is 4. The molecule has 0 atom stereocenters. The number of benzene rings is 5. The van der Waals surface area contributed by atoms with Crippen LogP contribution < -0.4 is 0 Å². The van der Waals surface area contributed by atoms with Gasteiger partial charge < -0.3 is 14.7 Å². The van der Waals surface area contributed by atoms with E-state index in [0.29, 0.717) is 12.0 Å². The highest BCUT2D eigenvalue weighted by Crippen LogP contribution is 2.42. The zero-order chi connectivity index (χ0) is 38.0. The van der Waals surface area contributed by atoms with Crippen molar-refractivity contribution in [2.24, 2.45) is 0 Å². The van der Waals surface area contributed by atoms with E-state index in [4.69, 9.17) is 14.7 Å². The number of ether oxygens (including phenoxy) is 1. The quantitative estimate of drug-likeness (QED) is 0.177. The molecule has 0 unspecified atom stereocenters. The van der Waals surface area contributed by atoms with Crippen LogP contribution in [0, 0.1) is 0 Å². The molecule has 0 saturated carbocycles. The van der Waals surface area contributed by atoms with E-state index in [9.17, 15) is 4.79 Å². The maximum absolute atomic E-state index is 14.4. The molecule has 0 amide bonds. The predicted molar refractivity (Wildman–Crippen MR) is 229 cm³/mol. The van der Waals surface area contributed by atoms with Crippen LogP contribution in [0.25, 0.3) is 89.3 Å². The molecule has 0 aliphatic carbocycles. The largest absolute Gasteiger partial charge is 0.456 e. The van der Waals surface area contributed by atoms with Crippen molar-refractivity contribution in [3.63, 3.8) is 0 Å². The molecule has 0 fully saturated rings. The summed E-state index contributed by atoms with van der Waals surface area (Å²) < 4.78 is 6.14. The Hall–Kier alpha value is -7.05. The van der Waals surface area contributed by atoms with E-state index in [1.54, 1.807) is 0 Å². The van der Waals surface area contributed by atoms with Gasteiger partial charge in [0.2, 0.25) is 0 Å². The minimum atomic E-state index is -0.681. The van der Waals surface area contributed by atoms with Gasteiger partial charge in [0.1, 0.15) is 5.60 Å². The fraction of sp³-hybridized carbons (Fsp3) is 0.100. The molecule has 2 N–H and O–H groups in total. The molecule has 56 heavy (non-hydrogen) atoms. The summed E-state index contributed by atoms with van der Waals surface area (Å²) >= 11 is 0. The molecule has 8 bridgehead atoms. The highest BCUT2D eigenvalue weighted by molar-refractivity contribution is 6.22. The van der Waals surface area contributed by atoms with Crippen molar-refractivity contribution in [1.82, 2.24) is 19.9 Å². The maximum atomic E-state index is 14.4. The highest BCUT2D eigenvalue weighted by Gasteiger charge is 2.29. The van der Waals surface area contributed by atoms with Crippen molar-refractivity contribution < 1.29 is 9.53 Å². The third-order valence-corrected chi connectivity index (χ3v) is 10.6. The number of fused-ring (bicyclic) bond motifs is 10. The minimum Gasteiger partial charge on any atom is -0.456 e. The van der Waals surface area contributed by atoms with Gasteiger partial charge in [0.15, 0.2) is 0 Å². The number of aromatic amines is 2. The van der Waals surface area contributed by atoms with Crippen molar-refractivity contribution in [3.8, 4) is 33.4 Å². The average molecular weight is 727 g/mol. The summed E-state index contributed by atoms with van der Waals surface area (Å²) in [4.78, 5) is 32.9. The number of nitrogens with zero attached hydrogens (tertiary/aromatic N) is 2. The fourth-order valence-electron chi connectivity index (χ4n) is 8.28. The first kappa shape index (κ1) is 33.5. The average Bonchev–Trinajstić information content (AvgIpc) is 4.04. The molecule has 8 aromatic rings. The van der Waals surface area contributed by atoms with Crippen molar-refractivity contribution in [1.29, 1.82) is 0 Å². The second-order valence-corrected chi connectivity index (χ2v) is 15.4. The Labute approximate surface area is 324 Å². The number of carbonyl (C=O) groups is 1. The number of esters is 1. The molecule has 5 aromatic carbocycles. The number of hydrogen-bond donors (Lipinski definition) is 2. The molecular formula is C50H38N4O2. The predicted octanol–water partition coefficient (Wildman–Crippen LogP) is 12.3. The lowest BCUT2D eigenvalue weighted by molar-refractivity contribution is 0.00710. The molecule has 0 saturated heterocycles. The Morgan fingerprint density at radius 1 is 0.554 bits per heavy atom. The molecule has 2 aliphatic heterocycles. The lowest BCUT2D eigenvalue weighted by Crippen LogP contribution is -2.24. The SMILES string of the molecule is CC(C)(C)OC(=O)c1c2c3nc(c(-c4ccccc4)c4ccc([nH]4)c(-c4ccccc4)c4nc(c(-c5ccccc5)c5ccc([nH]5)c3c3ccccc13)C=C4)C2. The van der Waals surface area contributed by atoms with Crippen LogP contribution in [0.15, 0.2) is 140 Å². The van der Waals surface area contributed by atoms with Gasteiger partial charge in [0.05, 0.1) is 28.2 Å². The van der Waals surface area contributed by atoms with Crippen LogP contribution in [0.3, 0.4) is 0 Å². The van der Waals surface area contributed by atoms with Gasteiger partial charge in [-0.1, -0.05) is 115 Å². The van der Waals surface area contributed by atoms with Crippen LogP contribution in [-0.2, 0) is 11.2 Å². The van der Waals surface area contributed by atoms with Crippen LogP contribution in [0.1, 0.15) is 53.8 Å². The summed E-state index contributed by atoms with van der Waals surface area (Å²) in [5, 5.41) is 2.70. The third-order valence-electron chi connectivity index (χ3n) is 10.6. The van der Waals surface area contributed by atoms with E-state index in [0.717, 1.165) is 99.8 Å². The molecule has 0 spiro atoms. The first-order chi connectivity index (χ1) is 27.3. The van der Waals surface area contributed by atoms with Gasteiger partial charge in [-0.15, -0.1) is 0 Å². The number of nitrogens with one attached hydrogen (secondary N) is 2. The van der Waals surface area contributed by atoms with Crippen LogP contribution in [0.4, 0.5) is 0 Å². The van der Waals surface area contributed by atoms with E-state index in [2.05, 4.69) is 125 Å². The standard InChI is InChI=1S/C50H38N4O2/c1-50(2,3)56-49(55)46-33-21-13-14-22-34(33)47-41-28-27-39(53-41)44(31-17-9-5-10-18-31)37-24-23-36(51-37)43(30-15-7-4-8-16-30)38-25-26-40(52-38)45(32-19-11-6-12-20-32)42-29-35(46)48(47)54-42/h4-28,52-53H,29H2,1-3H3. The van der Waals surface area contributed by atoms with E-state index in [-0.39, 0.29) is 5.97 Å². The fourth-order valence-corrected chi connectivity index (χ4v) is 8.28. The van der Waals surface area contributed by atoms with E-state index in [1.807, 2.05) is 57.2 Å². The Balaban J connectivity index is 1.43. The van der Waals surface area contributed by atoms with Gasteiger partial charge in [-0.2, -0.15) is 0 Å². The van der Waals surface area contributed by atoms with Crippen LogP contribution >= 0.6 is 0 Å². The van der Waals surface area contributed by atoms with Crippen molar-refractivity contribution in [2.75, 3.05) is 0 Å². The summed E-state index contributed by atoms with van der Waals surface area (Å²) in [5.41, 5.74) is 13.9. The molecule has 10 rings (SSSR count). The monoisotopic (exact) mass is 726 g/mol. The second-order valence-electron chi connectivity index (χ2n) is 15.4. The Morgan fingerprint density at radius 2 is 1.02 bits per heavy atom. The zero-order valence-electron chi connectivity index (χ0n) is 31.4. The van der Waals surface area contributed by atoms with Gasteiger partial charge >= 0.3 is 5.97 Å². The topological polar surface area (TPSA) is 83.7 Å². The van der Waals surface area contributed by atoms with Gasteiger partial charge in [-0.25, -0.2) is 9.78 Å². The van der Waals surface area contributed by atoms with Crippen molar-refractivity contribution >= 4 is 61.9 Å². The summed E-state index contributed by atoms with van der Waals surface area (Å²) in [6, 6.07) is 47.9. The van der Waals surface area contributed by atoms with Gasteiger partial charge in [0, 0.05) is 50.6 Å². The lowest BCUT2D eigenvalue weighted by atomic mass is 9.92. The molecule has 3 aromatic heterocycles. The lowest BCUT2D eigenvalue weighted by Gasteiger charge is -2.21. The highest BCUT2D eigenvalue weighted by atomic mass is 16.6. The molecule has 0 radical (unpaired) electrons. The molecule has 2 aliphatic rings. The summed E-state index contributed by atoms with van der Waals surface area (Å²) in [5.74, 6) is -0.353. The van der Waals surface area contributed by atoms with E-state index < -0.39 is 5.60 Å². The van der Waals surface area contributed by atoms with E-state index >= 15 is 0 Å². The Kier molecular flexibility index (Phi) is 7.82. The van der Waals surface area contributed by atoms with Crippen LogP contribution in [0.2, 0.25) is 0 Å². The number of aromatic nitrogens is 4. The molecular weight excluding hydrogens is 689 g/mol. The summed E-state index contributed by atoms with van der Waals surface area (Å²) in [7, 11) is 0. The normalized spacial score (nSPS) is 12.5. The molecule has 6 nitrogen and oxygen atoms in total. The third kappa shape index (κ3) is 5.69. The molecule has 6 heteroatoms. The van der Waals surface area contributed by atoms with Gasteiger partial charge in [0.25, 0.3) is 0 Å². The smallest absolute Gasteiger partial charge is 0.339 e. The van der Waals surface area contributed by atoms with Crippen LogP contribution in [0.5, 0.6) is 0 Å². The number of H-pyrrole nitrogens is 2. The first-order valence-corrected chi connectivity index (χ1v) is 19.0. The number of carbonyl (C=O) groups excluding carboxylic acids is 1. The Bertz CT molecular complexity index is 3060. The van der Waals surface area contributed by atoms with Gasteiger partial charge in [-0.05, 0) is 90.2 Å². The summed E-state index contributed by atoms with van der Waals surface area (Å²) in [6.45, 7) is 5.73. The minimum absolute atomic E-state index is 0.353. The van der Waals surface area contributed by atoms with Crippen LogP contribution in [-0.4, -0.2) is 31.5 Å². The zero-order valence-corrected chi connectivity index (χ0v) is 31.4. The first-order valence-electron chi connectivity index (χ1n) is 19.0. The number of rotatable bonds is 4. The van der Waals surface area contributed by atoms with Crippen molar-refractivity contribution in [2.45, 2.75) is 32.8 Å². The molecule has 5 heterocycles.